The molecule has 0 unspecified atom stereocenters. The number of halogens is 2. The normalized spacial score (nSPS) is 11.7. The van der Waals surface area contributed by atoms with Crippen LogP contribution in [0.5, 0.6) is 0 Å². The van der Waals surface area contributed by atoms with Crippen molar-refractivity contribution in [3.8, 4) is 0 Å². The molecule has 0 saturated heterocycles. The average molecular weight is 320 g/mol. The fourth-order valence-electron chi connectivity index (χ4n) is 1.94. The Balaban J connectivity index is 3.29. The first-order valence-electron chi connectivity index (χ1n) is 6.37. The Kier molecular flexibility index (Phi) is 5.79. The Bertz CT molecular complexity index is 618. The molecule has 5 nitrogen and oxygen atoms in total. The quantitative estimate of drug-likeness (QED) is 0.867. The second kappa shape index (κ2) is 6.95. The van der Waals surface area contributed by atoms with Gasteiger partial charge in [0.2, 0.25) is 10.0 Å². The van der Waals surface area contributed by atoms with E-state index in [0.717, 1.165) is 4.90 Å². The van der Waals surface area contributed by atoms with Crippen LogP contribution in [-0.2, 0) is 10.0 Å². The molecule has 0 heterocycles. The molecular formula is C13H18F2N2O3S. The number of nitrogens with zero attached hydrogens (tertiary/aromatic N) is 1. The van der Waals surface area contributed by atoms with E-state index < -0.39 is 28.9 Å². The molecule has 0 radical (unpaired) electrons. The Labute approximate surface area is 122 Å². The average Bonchev–Trinajstić information content (AvgIpc) is 2.35. The summed E-state index contributed by atoms with van der Waals surface area (Å²) in [5, 5.41) is 5.07. The lowest BCUT2D eigenvalue weighted by molar-refractivity contribution is 0.0552. The summed E-state index contributed by atoms with van der Waals surface area (Å²) in [7, 11) is -4.11. The van der Waals surface area contributed by atoms with Crippen molar-refractivity contribution >= 4 is 15.9 Å². The van der Waals surface area contributed by atoms with Crippen molar-refractivity contribution in [1.29, 1.82) is 0 Å². The first-order chi connectivity index (χ1) is 9.66. The third-order valence-electron chi connectivity index (χ3n) is 2.81. The Morgan fingerprint density at radius 2 is 2.00 bits per heavy atom. The van der Waals surface area contributed by atoms with Crippen molar-refractivity contribution in [2.24, 2.45) is 5.14 Å². The molecular weight excluding hydrogens is 302 g/mol. The van der Waals surface area contributed by atoms with Crippen molar-refractivity contribution in [3.63, 3.8) is 0 Å². The van der Waals surface area contributed by atoms with Crippen LogP contribution in [0.25, 0.3) is 0 Å². The van der Waals surface area contributed by atoms with Crippen LogP contribution in [0.1, 0.15) is 29.3 Å². The van der Waals surface area contributed by atoms with Gasteiger partial charge in [-0.05, 0) is 25.5 Å². The topological polar surface area (TPSA) is 80.5 Å². The maximum atomic E-state index is 12.6. The van der Waals surface area contributed by atoms with Crippen LogP contribution in [0, 0.1) is 6.92 Å². The van der Waals surface area contributed by atoms with E-state index in [1.165, 1.54) is 18.2 Å². The Morgan fingerprint density at radius 1 is 1.38 bits per heavy atom. The van der Waals surface area contributed by atoms with E-state index in [9.17, 15) is 22.0 Å². The number of primary sulfonamides is 1. The first-order valence-corrected chi connectivity index (χ1v) is 7.92. The lowest BCUT2D eigenvalue weighted by Gasteiger charge is -2.22. The Hall–Kier alpha value is -1.54. The van der Waals surface area contributed by atoms with Gasteiger partial charge in [0.25, 0.3) is 12.3 Å². The number of alkyl halides is 2. The highest BCUT2D eigenvalue weighted by Gasteiger charge is 2.25. The van der Waals surface area contributed by atoms with Crippen molar-refractivity contribution in [2.75, 3.05) is 13.1 Å². The molecule has 0 aromatic heterocycles. The molecule has 0 aliphatic carbocycles. The first kappa shape index (κ1) is 17.5. The van der Waals surface area contributed by atoms with Crippen LogP contribution in [0.15, 0.2) is 23.1 Å². The highest BCUT2D eigenvalue weighted by molar-refractivity contribution is 7.89. The number of hydrogen-bond donors (Lipinski definition) is 1. The molecule has 0 bridgehead atoms. The number of carbonyl (C=O) groups excluding carboxylic acids is 1. The molecule has 1 aromatic rings. The summed E-state index contributed by atoms with van der Waals surface area (Å²) in [6.45, 7) is 2.77. The van der Waals surface area contributed by atoms with Gasteiger partial charge in [0.1, 0.15) is 0 Å². The maximum absolute atomic E-state index is 12.6. The molecule has 8 heteroatoms. The van der Waals surface area contributed by atoms with Crippen LogP contribution >= 0.6 is 0 Å². The number of sulfonamides is 1. The van der Waals surface area contributed by atoms with Crippen LogP contribution in [0.3, 0.4) is 0 Å². The summed E-state index contributed by atoms with van der Waals surface area (Å²) in [5.41, 5.74) is 0.464. The zero-order valence-corrected chi connectivity index (χ0v) is 12.7. The highest BCUT2D eigenvalue weighted by atomic mass is 32.2. The summed E-state index contributed by atoms with van der Waals surface area (Å²) < 4.78 is 48.2. The monoisotopic (exact) mass is 320 g/mol. The van der Waals surface area contributed by atoms with E-state index in [4.69, 9.17) is 5.14 Å². The van der Waals surface area contributed by atoms with Gasteiger partial charge < -0.3 is 4.90 Å². The van der Waals surface area contributed by atoms with Gasteiger partial charge in [-0.25, -0.2) is 22.3 Å². The molecule has 1 amide bonds. The summed E-state index contributed by atoms with van der Waals surface area (Å²) in [6.07, 6.45) is -2.21. The van der Waals surface area contributed by atoms with Crippen molar-refractivity contribution < 1.29 is 22.0 Å². The smallest absolute Gasteiger partial charge is 0.255 e. The predicted molar refractivity (Wildman–Crippen MR) is 74.8 cm³/mol. The summed E-state index contributed by atoms with van der Waals surface area (Å²) >= 11 is 0. The zero-order valence-electron chi connectivity index (χ0n) is 11.8. The number of nitrogens with two attached hydrogens (primary N) is 1. The van der Waals surface area contributed by atoms with Gasteiger partial charge in [-0.1, -0.05) is 18.6 Å². The molecule has 21 heavy (non-hydrogen) atoms. The molecule has 0 aliphatic heterocycles. The molecule has 0 saturated carbocycles. The van der Waals surface area contributed by atoms with Gasteiger partial charge in [-0.2, -0.15) is 0 Å². The third-order valence-corrected chi connectivity index (χ3v) is 3.78. The molecule has 0 spiro atoms. The van der Waals surface area contributed by atoms with E-state index in [-0.39, 0.29) is 17.0 Å². The minimum atomic E-state index is -4.11. The number of carbonyl (C=O) groups is 1. The molecule has 0 fully saturated rings. The SMILES string of the molecule is CCCN(CC(F)F)C(=O)c1cc(C)ccc1S(N)(=O)=O. The zero-order chi connectivity index (χ0) is 16.2. The lowest BCUT2D eigenvalue weighted by Crippen LogP contribution is -2.36. The van der Waals surface area contributed by atoms with Crippen molar-refractivity contribution in [3.05, 3.63) is 29.3 Å². The van der Waals surface area contributed by atoms with Gasteiger partial charge in [-0.15, -0.1) is 0 Å². The largest absolute Gasteiger partial charge is 0.333 e. The number of rotatable bonds is 6. The third kappa shape index (κ3) is 4.75. The number of aryl methyl sites for hydroxylation is 1. The van der Waals surface area contributed by atoms with Crippen LogP contribution in [0.2, 0.25) is 0 Å². The molecule has 0 aliphatic rings. The van der Waals surface area contributed by atoms with Crippen LogP contribution in [0.4, 0.5) is 8.78 Å². The van der Waals surface area contributed by atoms with Crippen LogP contribution in [-0.4, -0.2) is 38.7 Å². The van der Waals surface area contributed by atoms with E-state index in [0.29, 0.717) is 12.0 Å². The second-order valence-corrected chi connectivity index (χ2v) is 6.22. The van der Waals surface area contributed by atoms with E-state index in [1.54, 1.807) is 13.8 Å². The summed E-state index contributed by atoms with van der Waals surface area (Å²) in [6, 6.07) is 4.05. The Morgan fingerprint density at radius 3 is 2.48 bits per heavy atom. The van der Waals surface area contributed by atoms with Gasteiger partial charge in [-0.3, -0.25) is 4.79 Å². The fraction of sp³-hybridized carbons (Fsp3) is 0.462. The van der Waals surface area contributed by atoms with Gasteiger partial charge in [0, 0.05) is 6.54 Å². The maximum Gasteiger partial charge on any atom is 0.255 e. The predicted octanol–water partition coefficient (Wildman–Crippen LogP) is 1.76. The number of amides is 1. The van der Waals surface area contributed by atoms with E-state index in [1.807, 2.05) is 0 Å². The second-order valence-electron chi connectivity index (χ2n) is 4.69. The highest BCUT2D eigenvalue weighted by Crippen LogP contribution is 2.19. The molecule has 118 valence electrons. The molecule has 1 rings (SSSR count). The molecule has 1 aromatic carbocycles. The van der Waals surface area contributed by atoms with Gasteiger partial charge >= 0.3 is 0 Å². The van der Waals surface area contributed by atoms with E-state index >= 15 is 0 Å². The standard InChI is InChI=1S/C13H18F2N2O3S/c1-3-6-17(8-12(14)15)13(18)10-7-9(2)4-5-11(10)21(16,19)20/h4-5,7,12H,3,6,8H2,1-2H3,(H2,16,19,20). The number of hydrogen-bond acceptors (Lipinski definition) is 3. The fourth-order valence-corrected chi connectivity index (χ4v) is 2.65. The van der Waals surface area contributed by atoms with Crippen molar-refractivity contribution in [1.82, 2.24) is 4.90 Å². The van der Waals surface area contributed by atoms with Gasteiger partial charge in [0.15, 0.2) is 0 Å². The summed E-state index contributed by atoms with van der Waals surface area (Å²) in [5.74, 6) is -0.759. The van der Waals surface area contributed by atoms with Crippen molar-refractivity contribution in [2.45, 2.75) is 31.6 Å². The van der Waals surface area contributed by atoms with Crippen LogP contribution < -0.4 is 5.14 Å². The van der Waals surface area contributed by atoms with Gasteiger partial charge in [0.05, 0.1) is 17.0 Å². The minimum Gasteiger partial charge on any atom is -0.333 e. The number of benzene rings is 1. The molecule has 2 N–H and O–H groups in total. The molecule has 0 atom stereocenters. The lowest BCUT2D eigenvalue weighted by atomic mass is 10.1. The van der Waals surface area contributed by atoms with E-state index in [2.05, 4.69) is 0 Å². The minimum absolute atomic E-state index is 0.112. The summed E-state index contributed by atoms with van der Waals surface area (Å²) in [4.78, 5) is 12.9.